The molecule has 0 aliphatic heterocycles. The van der Waals surface area contributed by atoms with Crippen LogP contribution in [0.3, 0.4) is 0 Å². The molecule has 0 saturated carbocycles. The van der Waals surface area contributed by atoms with Gasteiger partial charge in [0.25, 0.3) is 0 Å². The summed E-state index contributed by atoms with van der Waals surface area (Å²) >= 11 is 12.8. The third-order valence-corrected chi connectivity index (χ3v) is 6.58. The Morgan fingerprint density at radius 3 is 2.47 bits per heavy atom. The van der Waals surface area contributed by atoms with Gasteiger partial charge in [-0.25, -0.2) is 9.78 Å². The molecule has 200 valence electrons. The molecule has 0 spiro atoms. The van der Waals surface area contributed by atoms with Crippen molar-refractivity contribution < 1.29 is 14.3 Å². The van der Waals surface area contributed by atoms with E-state index >= 15 is 0 Å². The molecule has 0 saturated heterocycles. The molecule has 2 amide bonds. The van der Waals surface area contributed by atoms with Crippen molar-refractivity contribution in [2.24, 2.45) is 11.8 Å². The molecule has 0 aliphatic carbocycles. The van der Waals surface area contributed by atoms with Gasteiger partial charge in [-0.2, -0.15) is 0 Å². The number of hydrogen-bond donors (Lipinski definition) is 1. The number of carbonyl (C=O) groups is 2. The summed E-state index contributed by atoms with van der Waals surface area (Å²) in [5, 5.41) is 3.35. The highest BCUT2D eigenvalue weighted by atomic mass is 35.5. The Kier molecular flexibility index (Phi) is 11.3. The second-order valence-corrected chi connectivity index (χ2v) is 11.7. The third-order valence-electron chi connectivity index (χ3n) is 5.72. The third kappa shape index (κ3) is 9.41. The first kappa shape index (κ1) is 30.1. The number of benzene rings is 1. The standard InChI is InChI=1S/C27H40Cl2N4O3/c1-18(2)11-13-33-17-30-15-21(33)12-14-32(16-20-9-8-10-22(28)23(20)29)24(19(3)4)25(34)31-26(35)36-27(5,6)7/h8-10,15,17-19,24H,11-14,16H2,1-7H3,(H,31,34,35)/t24-/m0/s1. The number of amides is 2. The minimum absolute atomic E-state index is 0.0868. The highest BCUT2D eigenvalue weighted by molar-refractivity contribution is 6.42. The van der Waals surface area contributed by atoms with Crippen molar-refractivity contribution in [1.82, 2.24) is 19.8 Å². The van der Waals surface area contributed by atoms with Crippen molar-refractivity contribution in [2.75, 3.05) is 6.54 Å². The van der Waals surface area contributed by atoms with Crippen molar-refractivity contribution in [3.63, 3.8) is 0 Å². The van der Waals surface area contributed by atoms with Crippen molar-refractivity contribution in [3.05, 3.63) is 52.0 Å². The van der Waals surface area contributed by atoms with E-state index in [1.54, 1.807) is 26.8 Å². The van der Waals surface area contributed by atoms with Gasteiger partial charge in [0.05, 0.1) is 22.4 Å². The number of nitrogens with one attached hydrogen (secondary N) is 1. The fourth-order valence-electron chi connectivity index (χ4n) is 3.99. The molecule has 0 bridgehead atoms. The lowest BCUT2D eigenvalue weighted by molar-refractivity contribution is -0.128. The smallest absolute Gasteiger partial charge is 0.414 e. The van der Waals surface area contributed by atoms with Crippen LogP contribution in [0.4, 0.5) is 4.79 Å². The van der Waals surface area contributed by atoms with Gasteiger partial charge in [-0.1, -0.05) is 63.0 Å². The Bertz CT molecular complexity index is 1010. The summed E-state index contributed by atoms with van der Waals surface area (Å²) in [6.45, 7) is 15.4. The van der Waals surface area contributed by atoms with Crippen molar-refractivity contribution >= 4 is 35.2 Å². The van der Waals surface area contributed by atoms with Crippen LogP contribution < -0.4 is 5.32 Å². The molecule has 2 aromatic rings. The van der Waals surface area contributed by atoms with E-state index in [1.807, 2.05) is 43.4 Å². The molecule has 0 radical (unpaired) electrons. The number of nitrogens with zero attached hydrogens (tertiary/aromatic N) is 3. The number of rotatable bonds is 11. The second kappa shape index (κ2) is 13.5. The molecule has 7 nitrogen and oxygen atoms in total. The summed E-state index contributed by atoms with van der Waals surface area (Å²) < 4.78 is 7.47. The Labute approximate surface area is 225 Å². The fraction of sp³-hybridized carbons (Fsp3) is 0.593. The van der Waals surface area contributed by atoms with Crippen LogP contribution in [0.2, 0.25) is 10.0 Å². The van der Waals surface area contributed by atoms with Crippen LogP contribution in [0.25, 0.3) is 0 Å². The number of halogens is 2. The zero-order chi connectivity index (χ0) is 27.0. The van der Waals surface area contributed by atoms with Gasteiger partial charge in [0.2, 0.25) is 5.91 Å². The van der Waals surface area contributed by atoms with E-state index in [2.05, 4.69) is 28.7 Å². The minimum atomic E-state index is -0.759. The van der Waals surface area contributed by atoms with Gasteiger partial charge in [-0.05, 0) is 50.7 Å². The monoisotopic (exact) mass is 538 g/mol. The average molecular weight is 540 g/mol. The lowest BCUT2D eigenvalue weighted by atomic mass is 10.00. The lowest BCUT2D eigenvalue weighted by Gasteiger charge is -2.34. The summed E-state index contributed by atoms with van der Waals surface area (Å²) in [4.78, 5) is 32.1. The van der Waals surface area contributed by atoms with Crippen LogP contribution in [0.5, 0.6) is 0 Å². The molecule has 0 unspecified atom stereocenters. The minimum Gasteiger partial charge on any atom is -0.444 e. The van der Waals surface area contributed by atoms with Crippen LogP contribution in [0, 0.1) is 11.8 Å². The van der Waals surface area contributed by atoms with Gasteiger partial charge < -0.3 is 9.30 Å². The molecule has 1 N–H and O–H groups in total. The summed E-state index contributed by atoms with van der Waals surface area (Å²) in [5.74, 6) is 0.0885. The Morgan fingerprint density at radius 2 is 1.86 bits per heavy atom. The maximum absolute atomic E-state index is 13.3. The van der Waals surface area contributed by atoms with Crippen LogP contribution in [-0.4, -0.2) is 44.6 Å². The highest BCUT2D eigenvalue weighted by Gasteiger charge is 2.32. The first-order valence-corrected chi connectivity index (χ1v) is 13.2. The molecule has 36 heavy (non-hydrogen) atoms. The average Bonchev–Trinajstić information content (AvgIpc) is 3.19. The SMILES string of the molecule is CC(C)CCn1cncc1CCN(Cc1cccc(Cl)c1Cl)[C@H](C(=O)NC(=O)OC(C)(C)C)C(C)C. The zero-order valence-electron chi connectivity index (χ0n) is 22.5. The number of aryl methyl sites for hydroxylation is 1. The number of imide groups is 1. The molecule has 9 heteroatoms. The molecule has 1 heterocycles. The molecule has 1 atom stereocenters. The highest BCUT2D eigenvalue weighted by Crippen LogP contribution is 2.28. The van der Waals surface area contributed by atoms with Crippen LogP contribution in [0.1, 0.15) is 66.1 Å². The predicted molar refractivity (Wildman–Crippen MR) is 145 cm³/mol. The van der Waals surface area contributed by atoms with E-state index < -0.39 is 23.6 Å². The summed E-state index contributed by atoms with van der Waals surface area (Å²) in [5.41, 5.74) is 1.20. The summed E-state index contributed by atoms with van der Waals surface area (Å²) in [6, 6.07) is 4.88. The van der Waals surface area contributed by atoms with Crippen LogP contribution >= 0.6 is 23.2 Å². The van der Waals surface area contributed by atoms with Gasteiger partial charge in [-0.3, -0.25) is 15.0 Å². The largest absolute Gasteiger partial charge is 0.444 e. The number of carbonyl (C=O) groups excluding carboxylic acids is 2. The van der Waals surface area contributed by atoms with E-state index in [0.717, 1.165) is 24.2 Å². The normalized spacial score (nSPS) is 12.9. The fourth-order valence-corrected chi connectivity index (χ4v) is 4.37. The van der Waals surface area contributed by atoms with E-state index in [4.69, 9.17) is 27.9 Å². The Hall–Kier alpha value is -2.09. The van der Waals surface area contributed by atoms with Gasteiger partial charge in [0.15, 0.2) is 0 Å². The topological polar surface area (TPSA) is 76.5 Å². The van der Waals surface area contributed by atoms with Crippen molar-refractivity contribution in [3.8, 4) is 0 Å². The molecule has 1 aromatic heterocycles. The van der Waals surface area contributed by atoms with Gasteiger partial charge >= 0.3 is 6.09 Å². The van der Waals surface area contributed by atoms with E-state index in [0.29, 0.717) is 35.5 Å². The predicted octanol–water partition coefficient (Wildman–Crippen LogP) is 6.36. The van der Waals surface area contributed by atoms with Gasteiger partial charge in [-0.15, -0.1) is 0 Å². The van der Waals surface area contributed by atoms with Crippen LogP contribution in [-0.2, 0) is 29.0 Å². The second-order valence-electron chi connectivity index (χ2n) is 10.9. The number of ether oxygens (including phenoxy) is 1. The Morgan fingerprint density at radius 1 is 1.17 bits per heavy atom. The first-order valence-electron chi connectivity index (χ1n) is 12.5. The Balaban J connectivity index is 2.30. The molecule has 0 fully saturated rings. The van der Waals surface area contributed by atoms with Gasteiger partial charge in [0, 0.05) is 37.9 Å². The molecular formula is C27H40Cl2N4O3. The quantitative estimate of drug-likeness (QED) is 0.360. The molecular weight excluding hydrogens is 499 g/mol. The zero-order valence-corrected chi connectivity index (χ0v) is 24.0. The first-order chi connectivity index (χ1) is 16.8. The maximum atomic E-state index is 13.3. The number of alkyl carbamates (subject to hydrolysis) is 1. The number of hydrogen-bond acceptors (Lipinski definition) is 5. The van der Waals surface area contributed by atoms with Crippen LogP contribution in [0.15, 0.2) is 30.7 Å². The maximum Gasteiger partial charge on any atom is 0.414 e. The number of imidazole rings is 1. The molecule has 1 aromatic carbocycles. The number of aromatic nitrogens is 2. The lowest BCUT2D eigenvalue weighted by Crippen LogP contribution is -2.52. The molecule has 2 rings (SSSR count). The molecule has 0 aliphatic rings. The van der Waals surface area contributed by atoms with Crippen molar-refractivity contribution in [1.29, 1.82) is 0 Å². The van der Waals surface area contributed by atoms with Gasteiger partial charge in [0.1, 0.15) is 5.60 Å². The summed E-state index contributed by atoms with van der Waals surface area (Å²) in [7, 11) is 0. The van der Waals surface area contributed by atoms with E-state index in [1.165, 1.54) is 0 Å². The van der Waals surface area contributed by atoms with E-state index in [9.17, 15) is 9.59 Å². The summed E-state index contributed by atoms with van der Waals surface area (Å²) in [6.07, 6.45) is 4.70. The van der Waals surface area contributed by atoms with E-state index in [-0.39, 0.29) is 5.92 Å². The van der Waals surface area contributed by atoms with Crippen molar-refractivity contribution in [2.45, 2.75) is 86.0 Å².